The van der Waals surface area contributed by atoms with Crippen LogP contribution in [0.15, 0.2) is 29.2 Å². The molecule has 30 heavy (non-hydrogen) atoms. The molecular formula is C19H29NO9S. The maximum Gasteiger partial charge on any atom is 0.176 e. The Hall–Kier alpha value is -0.830. The van der Waals surface area contributed by atoms with Crippen molar-refractivity contribution in [2.75, 3.05) is 13.2 Å². The van der Waals surface area contributed by atoms with Crippen LogP contribution >= 0.6 is 11.8 Å². The molecule has 8 N–H and O–H groups in total. The Morgan fingerprint density at radius 2 is 1.47 bits per heavy atom. The molecule has 11 heteroatoms. The third-order valence-electron chi connectivity index (χ3n) is 5.32. The monoisotopic (exact) mass is 447 g/mol. The van der Waals surface area contributed by atoms with Gasteiger partial charge in [0.05, 0.1) is 19.3 Å². The zero-order valence-electron chi connectivity index (χ0n) is 16.4. The molecule has 3 rings (SSSR count). The number of benzene rings is 1. The van der Waals surface area contributed by atoms with E-state index < -0.39 is 73.7 Å². The first-order valence-corrected chi connectivity index (χ1v) is 10.5. The van der Waals surface area contributed by atoms with Gasteiger partial charge in [0, 0.05) is 4.90 Å². The molecule has 0 amide bonds. The lowest BCUT2D eigenvalue weighted by molar-refractivity contribution is -0.310. The highest BCUT2D eigenvalue weighted by Gasteiger charge is 2.50. The highest BCUT2D eigenvalue weighted by Crippen LogP contribution is 2.36. The van der Waals surface area contributed by atoms with Gasteiger partial charge in [-0.05, 0) is 19.1 Å². The molecule has 0 radical (unpaired) electrons. The molecule has 10 atom stereocenters. The molecule has 2 aliphatic heterocycles. The van der Waals surface area contributed by atoms with Crippen LogP contribution in [-0.2, 0) is 14.2 Å². The fraction of sp³-hybridized carbons (Fsp3) is 0.684. The Morgan fingerprint density at radius 1 is 0.900 bits per heavy atom. The van der Waals surface area contributed by atoms with E-state index in [2.05, 4.69) is 0 Å². The van der Waals surface area contributed by atoms with Crippen LogP contribution in [0.5, 0.6) is 0 Å². The quantitative estimate of drug-likeness (QED) is 0.249. The van der Waals surface area contributed by atoms with E-state index in [4.69, 9.17) is 19.9 Å². The minimum atomic E-state index is -1.45. The fourth-order valence-electron chi connectivity index (χ4n) is 3.43. The van der Waals surface area contributed by atoms with Crippen LogP contribution in [0.3, 0.4) is 0 Å². The summed E-state index contributed by atoms with van der Waals surface area (Å²) in [4.78, 5) is 0.803. The average Bonchev–Trinajstić information content (AvgIpc) is 2.74. The first kappa shape index (κ1) is 23.8. The number of thioether (sulfide) groups is 1. The highest BCUT2D eigenvalue weighted by atomic mass is 32.2. The summed E-state index contributed by atoms with van der Waals surface area (Å²) in [5.74, 6) is 0. The van der Waals surface area contributed by atoms with Crippen molar-refractivity contribution >= 4 is 11.8 Å². The molecule has 2 saturated heterocycles. The number of ether oxygens (including phenoxy) is 3. The molecular weight excluding hydrogens is 418 g/mol. The van der Waals surface area contributed by atoms with Crippen molar-refractivity contribution in [3.63, 3.8) is 0 Å². The number of aryl methyl sites for hydroxylation is 1. The number of nitrogens with two attached hydrogens (primary N) is 1. The molecule has 2 aliphatic rings. The number of hydrogen-bond donors (Lipinski definition) is 7. The van der Waals surface area contributed by atoms with E-state index in [1.54, 1.807) is 0 Å². The molecule has 2 heterocycles. The predicted octanol–water partition coefficient (Wildman–Crippen LogP) is -2.32. The van der Waals surface area contributed by atoms with Gasteiger partial charge in [0.1, 0.15) is 48.2 Å². The van der Waals surface area contributed by atoms with Gasteiger partial charge in [0.25, 0.3) is 0 Å². The van der Waals surface area contributed by atoms with Gasteiger partial charge in [-0.1, -0.05) is 29.5 Å². The molecule has 1 aromatic rings. The smallest absolute Gasteiger partial charge is 0.176 e. The number of rotatable bonds is 6. The summed E-state index contributed by atoms with van der Waals surface area (Å²) in [6.07, 6.45) is -10.3. The average molecular weight is 448 g/mol. The zero-order valence-corrected chi connectivity index (χ0v) is 17.2. The zero-order chi connectivity index (χ0) is 22.0. The molecule has 0 bridgehead atoms. The minimum absolute atomic E-state index is 0.507. The van der Waals surface area contributed by atoms with Gasteiger partial charge < -0.3 is 50.6 Å². The normalized spacial score (nSPS) is 42.3. The van der Waals surface area contributed by atoms with E-state index in [-0.39, 0.29) is 0 Å². The second-order valence-electron chi connectivity index (χ2n) is 7.52. The number of aliphatic hydroxyl groups is 6. The molecule has 0 saturated carbocycles. The lowest BCUT2D eigenvalue weighted by Gasteiger charge is -2.46. The standard InChI is InChI=1S/C19H29NO9S/c1-8-2-4-9(5-3-8)30-19-17(16(26)14(24)11(7-22)28-19)29-18-12(20)15(25)13(23)10(6-21)27-18/h2-5,10-19,21-26H,6-7,20H2,1H3/t10-,11-,12-,13-,14-,15-,16+,17+,18+,19-/m1/s1. The van der Waals surface area contributed by atoms with Gasteiger partial charge in [0.2, 0.25) is 0 Å². The molecule has 0 aromatic heterocycles. The van der Waals surface area contributed by atoms with Crippen LogP contribution in [0.25, 0.3) is 0 Å². The third kappa shape index (κ3) is 4.97. The number of aliphatic hydroxyl groups excluding tert-OH is 6. The Bertz CT molecular complexity index is 678. The molecule has 1 aromatic carbocycles. The fourth-order valence-corrected chi connectivity index (χ4v) is 4.55. The van der Waals surface area contributed by atoms with Crippen molar-refractivity contribution in [3.05, 3.63) is 29.8 Å². The van der Waals surface area contributed by atoms with Crippen LogP contribution < -0.4 is 5.73 Å². The summed E-state index contributed by atoms with van der Waals surface area (Å²) >= 11 is 1.22. The van der Waals surface area contributed by atoms with E-state index in [1.807, 2.05) is 31.2 Å². The summed E-state index contributed by atoms with van der Waals surface area (Å²) < 4.78 is 17.0. The third-order valence-corrected chi connectivity index (χ3v) is 6.47. The maximum absolute atomic E-state index is 10.7. The van der Waals surface area contributed by atoms with E-state index in [9.17, 15) is 30.6 Å². The van der Waals surface area contributed by atoms with Crippen LogP contribution in [0.4, 0.5) is 0 Å². The molecule has 0 spiro atoms. The summed E-state index contributed by atoms with van der Waals surface area (Å²) in [5.41, 5.74) is 6.13. The first-order valence-electron chi connectivity index (χ1n) is 9.66. The largest absolute Gasteiger partial charge is 0.394 e. The van der Waals surface area contributed by atoms with E-state index in [0.717, 1.165) is 10.5 Å². The van der Waals surface area contributed by atoms with E-state index in [0.29, 0.717) is 0 Å². The topological polar surface area (TPSA) is 175 Å². The minimum Gasteiger partial charge on any atom is -0.394 e. The summed E-state index contributed by atoms with van der Waals surface area (Å²) in [6, 6.07) is 6.35. The maximum atomic E-state index is 10.7. The summed E-state index contributed by atoms with van der Waals surface area (Å²) in [7, 11) is 0. The SMILES string of the molecule is Cc1ccc(S[C@H]2O[C@H](CO)[C@@H](O)[C@H](O)[C@@H]2O[C@@H]2O[C@H](CO)[C@@H](O)[C@H](O)[C@H]2N)cc1. The second kappa shape index (κ2) is 10.2. The van der Waals surface area contributed by atoms with Crippen molar-refractivity contribution < 1.29 is 44.8 Å². The van der Waals surface area contributed by atoms with Crippen LogP contribution in [0.2, 0.25) is 0 Å². The Labute approximate surface area is 178 Å². The second-order valence-corrected chi connectivity index (χ2v) is 8.69. The van der Waals surface area contributed by atoms with Crippen molar-refractivity contribution in [1.82, 2.24) is 0 Å². The van der Waals surface area contributed by atoms with Gasteiger partial charge in [-0.2, -0.15) is 0 Å². The van der Waals surface area contributed by atoms with Gasteiger partial charge in [0.15, 0.2) is 6.29 Å². The van der Waals surface area contributed by atoms with Gasteiger partial charge in [-0.3, -0.25) is 0 Å². The highest BCUT2D eigenvalue weighted by molar-refractivity contribution is 7.99. The summed E-state index contributed by atoms with van der Waals surface area (Å²) in [5, 5.41) is 59.9. The van der Waals surface area contributed by atoms with Crippen LogP contribution in [0, 0.1) is 6.92 Å². The molecule has 0 unspecified atom stereocenters. The lowest BCUT2D eigenvalue weighted by atomic mass is 9.97. The Kier molecular flexibility index (Phi) is 8.09. The van der Waals surface area contributed by atoms with Crippen LogP contribution in [-0.4, -0.2) is 104 Å². The van der Waals surface area contributed by atoms with E-state index in [1.165, 1.54) is 11.8 Å². The van der Waals surface area contributed by atoms with Crippen molar-refractivity contribution in [2.45, 2.75) is 72.3 Å². The van der Waals surface area contributed by atoms with E-state index >= 15 is 0 Å². The van der Waals surface area contributed by atoms with Gasteiger partial charge in [-0.15, -0.1) is 0 Å². The summed E-state index contributed by atoms with van der Waals surface area (Å²) in [6.45, 7) is 0.858. The van der Waals surface area contributed by atoms with Crippen molar-refractivity contribution in [3.8, 4) is 0 Å². The van der Waals surface area contributed by atoms with Gasteiger partial charge >= 0.3 is 0 Å². The predicted molar refractivity (Wildman–Crippen MR) is 105 cm³/mol. The lowest BCUT2D eigenvalue weighted by Crippen LogP contribution is -2.65. The molecule has 0 aliphatic carbocycles. The Morgan fingerprint density at radius 3 is 2.07 bits per heavy atom. The molecule has 2 fully saturated rings. The van der Waals surface area contributed by atoms with Gasteiger partial charge in [-0.25, -0.2) is 0 Å². The van der Waals surface area contributed by atoms with Crippen molar-refractivity contribution in [2.24, 2.45) is 5.73 Å². The Balaban J connectivity index is 1.81. The van der Waals surface area contributed by atoms with Crippen molar-refractivity contribution in [1.29, 1.82) is 0 Å². The first-order chi connectivity index (χ1) is 14.3. The number of hydrogen-bond acceptors (Lipinski definition) is 11. The van der Waals surface area contributed by atoms with Crippen LogP contribution in [0.1, 0.15) is 5.56 Å². The molecule has 10 nitrogen and oxygen atoms in total. The molecule has 170 valence electrons.